The Morgan fingerprint density at radius 1 is 0.755 bits per heavy atom. The van der Waals surface area contributed by atoms with Crippen LogP contribution in [0.2, 0.25) is 0 Å². The third-order valence-corrected chi connectivity index (χ3v) is 9.72. The Balaban J connectivity index is 2.74. The highest BCUT2D eigenvalue weighted by Gasteiger charge is 2.48. The van der Waals surface area contributed by atoms with Crippen molar-refractivity contribution in [3.8, 4) is 0 Å². The molecule has 0 aromatic carbocycles. The van der Waals surface area contributed by atoms with Gasteiger partial charge in [-0.15, -0.1) is 0 Å². The van der Waals surface area contributed by atoms with Crippen molar-refractivity contribution in [2.75, 3.05) is 13.2 Å². The van der Waals surface area contributed by atoms with Gasteiger partial charge in [0.1, 0.15) is 30.5 Å². The molecule has 53 heavy (non-hydrogen) atoms. The maximum atomic E-state index is 13.0. The smallest absolute Gasteiger partial charge is 0.394 e. The third-order valence-electron chi connectivity index (χ3n) is 9.25. The molecule has 0 bridgehead atoms. The van der Waals surface area contributed by atoms with E-state index in [0.717, 1.165) is 38.5 Å². The van der Waals surface area contributed by atoms with Crippen molar-refractivity contribution in [1.29, 1.82) is 0 Å². The summed E-state index contributed by atoms with van der Waals surface area (Å²) in [4.78, 5) is 13.0. The van der Waals surface area contributed by atoms with Crippen molar-refractivity contribution in [1.82, 2.24) is 5.32 Å². The van der Waals surface area contributed by atoms with Crippen LogP contribution in [-0.2, 0) is 28.9 Å². The summed E-state index contributed by atoms with van der Waals surface area (Å²) in [6.07, 6.45) is 21.1. The van der Waals surface area contributed by atoms with E-state index in [9.17, 15) is 38.7 Å². The summed E-state index contributed by atoms with van der Waals surface area (Å²) in [5.74, 6) is -0.733. The van der Waals surface area contributed by atoms with Gasteiger partial charge in [-0.3, -0.25) is 9.35 Å². The Hall–Kier alpha value is -1.72. The molecule has 0 saturated carbocycles. The molecule has 1 aliphatic rings. The number of aliphatic hydroxyl groups excluding tert-OH is 5. The Kier molecular flexibility index (Phi) is 28.4. The van der Waals surface area contributed by atoms with Crippen LogP contribution in [0.3, 0.4) is 0 Å². The van der Waals surface area contributed by atoms with Crippen LogP contribution in [0.4, 0.5) is 0 Å². The summed E-state index contributed by atoms with van der Waals surface area (Å²) in [6.45, 7) is 3.11. The second-order valence-corrected chi connectivity index (χ2v) is 15.0. The average molecular weight is 778 g/mol. The van der Waals surface area contributed by atoms with Gasteiger partial charge in [0.15, 0.2) is 6.29 Å². The van der Waals surface area contributed by atoms with Gasteiger partial charge in [0, 0.05) is 0 Å². The second-order valence-electron chi connectivity index (χ2n) is 14.0. The maximum Gasteiger partial charge on any atom is 0.397 e. The number of nitrogens with one attached hydrogen (secondary N) is 1. The van der Waals surface area contributed by atoms with Crippen molar-refractivity contribution in [2.24, 2.45) is 0 Å². The molecule has 0 spiro atoms. The molecule has 1 fully saturated rings. The number of amides is 1. The van der Waals surface area contributed by atoms with Crippen molar-refractivity contribution in [3.05, 3.63) is 36.5 Å². The number of allylic oxidation sites excluding steroid dienone is 5. The fraction of sp³-hybridized carbons (Fsp3) is 0.821. The Bertz CT molecular complexity index is 1120. The molecule has 7 N–H and O–H groups in total. The Morgan fingerprint density at radius 2 is 1.26 bits per heavy atom. The van der Waals surface area contributed by atoms with Crippen LogP contribution in [0.1, 0.15) is 142 Å². The Morgan fingerprint density at radius 3 is 1.81 bits per heavy atom. The topological polar surface area (TPSA) is 212 Å². The number of hydrogen-bond acceptors (Lipinski definition) is 11. The molecule has 1 amide bonds. The van der Waals surface area contributed by atoms with Crippen molar-refractivity contribution in [2.45, 2.75) is 191 Å². The monoisotopic (exact) mass is 777 g/mol. The summed E-state index contributed by atoms with van der Waals surface area (Å²) in [5, 5.41) is 54.8. The number of unbranched alkanes of at least 4 members (excludes halogenated alkanes) is 15. The molecule has 14 heteroatoms. The summed E-state index contributed by atoms with van der Waals surface area (Å²) in [6, 6.07) is -1.14. The number of carbonyl (C=O) groups is 1. The van der Waals surface area contributed by atoms with Gasteiger partial charge in [-0.2, -0.15) is 8.42 Å². The van der Waals surface area contributed by atoms with Gasteiger partial charge >= 0.3 is 10.4 Å². The molecule has 8 unspecified atom stereocenters. The zero-order chi connectivity index (χ0) is 39.3. The summed E-state index contributed by atoms with van der Waals surface area (Å²) >= 11 is 0. The molecular weight excluding hydrogens is 706 g/mol. The predicted octanol–water partition coefficient (Wildman–Crippen LogP) is 5.35. The lowest BCUT2D eigenvalue weighted by Gasteiger charge is -2.41. The molecule has 310 valence electrons. The van der Waals surface area contributed by atoms with Crippen LogP contribution >= 0.6 is 0 Å². The largest absolute Gasteiger partial charge is 0.397 e. The fourth-order valence-corrected chi connectivity index (χ4v) is 6.51. The first-order valence-electron chi connectivity index (χ1n) is 20.0. The van der Waals surface area contributed by atoms with Gasteiger partial charge in [-0.25, -0.2) is 4.18 Å². The number of ether oxygens (including phenoxy) is 2. The van der Waals surface area contributed by atoms with E-state index in [2.05, 4.69) is 47.7 Å². The first kappa shape index (κ1) is 49.3. The van der Waals surface area contributed by atoms with Crippen LogP contribution < -0.4 is 5.32 Å². The van der Waals surface area contributed by atoms with Crippen LogP contribution in [0, 0.1) is 0 Å². The molecule has 0 aromatic rings. The van der Waals surface area contributed by atoms with Gasteiger partial charge in [-0.1, -0.05) is 121 Å². The second kappa shape index (κ2) is 30.5. The van der Waals surface area contributed by atoms with Crippen molar-refractivity contribution in [3.63, 3.8) is 0 Å². The van der Waals surface area contributed by atoms with E-state index in [1.165, 1.54) is 76.7 Å². The molecule has 1 aliphatic heterocycles. The van der Waals surface area contributed by atoms with Crippen LogP contribution in [0.5, 0.6) is 0 Å². The number of aliphatic hydroxyl groups is 5. The van der Waals surface area contributed by atoms with Gasteiger partial charge in [0.2, 0.25) is 5.91 Å². The number of rotatable bonds is 32. The van der Waals surface area contributed by atoms with E-state index < -0.39 is 78.5 Å². The quantitative estimate of drug-likeness (QED) is 0.0262. The van der Waals surface area contributed by atoms with E-state index in [-0.39, 0.29) is 6.42 Å². The van der Waals surface area contributed by atoms with E-state index in [1.807, 2.05) is 0 Å². The third kappa shape index (κ3) is 23.7. The number of hydrogen-bond donors (Lipinski definition) is 7. The minimum atomic E-state index is -5.12. The average Bonchev–Trinajstić information content (AvgIpc) is 3.12. The molecule has 1 saturated heterocycles. The number of carbonyl (C=O) groups excluding carboxylic acids is 1. The van der Waals surface area contributed by atoms with Crippen LogP contribution in [0.15, 0.2) is 36.5 Å². The Labute approximate surface area is 318 Å². The normalized spacial score (nSPS) is 22.9. The summed E-state index contributed by atoms with van der Waals surface area (Å²) < 4.78 is 47.2. The standard InChI is InChI=1S/C39H71NO12S/c1-3-5-7-9-11-13-15-17-19-21-23-25-27-32(42)31(30-50-39-36(45)37(52-53(47,48)49)35(44)34(29-41)51-39)40-38(46)33(43)28-26-24-22-20-18-16-14-12-10-8-6-4-2/h17-20,25,27,31-37,39,41-45H,3-16,21-24,26,28-30H2,1-2H3,(H,40,46)(H,47,48,49)/b19-17+,20-18-,27-25+. The maximum absolute atomic E-state index is 13.0. The summed E-state index contributed by atoms with van der Waals surface area (Å²) in [7, 11) is -5.12. The van der Waals surface area contributed by atoms with Crippen LogP contribution in [0.25, 0.3) is 0 Å². The molecule has 13 nitrogen and oxygen atoms in total. The van der Waals surface area contributed by atoms with E-state index in [0.29, 0.717) is 12.8 Å². The van der Waals surface area contributed by atoms with Gasteiger partial charge in [0.25, 0.3) is 0 Å². The predicted molar refractivity (Wildman–Crippen MR) is 205 cm³/mol. The first-order valence-corrected chi connectivity index (χ1v) is 21.3. The van der Waals surface area contributed by atoms with E-state index >= 15 is 0 Å². The zero-order valence-corrected chi connectivity index (χ0v) is 33.0. The molecule has 0 aliphatic carbocycles. The summed E-state index contributed by atoms with van der Waals surface area (Å²) in [5.41, 5.74) is 0. The SMILES string of the molecule is CCCCCCCC/C=C\CCCCC(O)C(=O)NC(COC1OC(CO)C(O)C(OS(=O)(=O)O)C1O)C(O)/C=C/CC/C=C/CCCCCCCC. The van der Waals surface area contributed by atoms with Gasteiger partial charge < -0.3 is 40.3 Å². The van der Waals surface area contributed by atoms with E-state index in [4.69, 9.17) is 14.0 Å². The van der Waals surface area contributed by atoms with Crippen molar-refractivity contribution >= 4 is 16.3 Å². The molecule has 0 aromatic heterocycles. The molecular formula is C39H71NO12S. The molecule has 0 radical (unpaired) electrons. The van der Waals surface area contributed by atoms with Crippen LogP contribution in [-0.4, -0.2) is 107 Å². The minimum absolute atomic E-state index is 0.205. The molecule has 1 heterocycles. The lowest BCUT2D eigenvalue weighted by Crippen LogP contribution is -2.61. The minimum Gasteiger partial charge on any atom is -0.394 e. The van der Waals surface area contributed by atoms with Gasteiger partial charge in [-0.05, 0) is 57.8 Å². The van der Waals surface area contributed by atoms with Crippen molar-refractivity contribution < 1.29 is 57.0 Å². The zero-order valence-electron chi connectivity index (χ0n) is 32.2. The fourth-order valence-electron chi connectivity index (χ4n) is 6.00. The first-order chi connectivity index (χ1) is 25.4. The molecule has 1 rings (SSSR count). The lowest BCUT2D eigenvalue weighted by atomic mass is 9.99. The highest BCUT2D eigenvalue weighted by Crippen LogP contribution is 2.26. The highest BCUT2D eigenvalue weighted by molar-refractivity contribution is 7.80. The van der Waals surface area contributed by atoms with Gasteiger partial charge in [0.05, 0.1) is 25.4 Å². The van der Waals surface area contributed by atoms with E-state index in [1.54, 1.807) is 6.08 Å². The molecule has 8 atom stereocenters. The lowest BCUT2D eigenvalue weighted by molar-refractivity contribution is -0.298. The highest BCUT2D eigenvalue weighted by atomic mass is 32.3.